The van der Waals surface area contributed by atoms with Crippen molar-refractivity contribution in [3.63, 3.8) is 0 Å². The number of methoxy groups -OCH3 is 5. The number of fused-ring (bicyclic) bond motifs is 3. The van der Waals surface area contributed by atoms with Gasteiger partial charge < -0.3 is 28.4 Å². The van der Waals surface area contributed by atoms with Crippen molar-refractivity contribution in [2.45, 2.75) is 30.4 Å². The van der Waals surface area contributed by atoms with Gasteiger partial charge in [-0.05, 0) is 50.6 Å². The molecule has 3 aliphatic rings. The zero-order valence-corrected chi connectivity index (χ0v) is 31.5. The summed E-state index contributed by atoms with van der Waals surface area (Å²) < 4.78 is 30.2. The van der Waals surface area contributed by atoms with E-state index in [9.17, 15) is 24.0 Å². The molecule has 3 aliphatic heterocycles. The van der Waals surface area contributed by atoms with Crippen molar-refractivity contribution < 1.29 is 52.4 Å². The van der Waals surface area contributed by atoms with Gasteiger partial charge in [0.2, 0.25) is 0 Å². The molecule has 0 unspecified atom stereocenters. The van der Waals surface area contributed by atoms with Crippen molar-refractivity contribution in [2.75, 3.05) is 47.1 Å². The summed E-state index contributed by atoms with van der Waals surface area (Å²) >= 11 is 2.66. The lowest BCUT2D eigenvalue weighted by Gasteiger charge is -2.50. The third-order valence-corrected chi connectivity index (χ3v) is 12.8. The summed E-state index contributed by atoms with van der Waals surface area (Å²) in [4.78, 5) is 70.1. The van der Waals surface area contributed by atoms with E-state index in [4.69, 9.17) is 28.4 Å². The molecule has 0 saturated carbocycles. The maximum Gasteiger partial charge on any atom is 0.345 e. The van der Waals surface area contributed by atoms with E-state index in [-0.39, 0.29) is 26.9 Å². The van der Waals surface area contributed by atoms with Crippen LogP contribution in [0.25, 0.3) is 11.6 Å². The van der Waals surface area contributed by atoms with Crippen LogP contribution in [0, 0.1) is 0 Å². The summed E-state index contributed by atoms with van der Waals surface area (Å²) in [5, 5.41) is 0. The molecule has 51 heavy (non-hydrogen) atoms. The standard InChI is InChI=1S/C36H35NO11S3/c1-9-48-22-12-10-11-21-24-30(35(2,3)37(26(21)22)23(38)18-15-19-13-16-20(43-4)17-14-19)49-27(32(40)45-6)25(31(39)44-5)36(24)50-28(33(41)46-7)29(51-36)34(42)47-8/h10-18H,9H2,1-8H3/b18-15+. The number of amides is 1. The highest BCUT2D eigenvalue weighted by Crippen LogP contribution is 2.71. The molecule has 0 saturated heterocycles. The van der Waals surface area contributed by atoms with Crippen molar-refractivity contribution >= 4 is 82.4 Å². The average Bonchev–Trinajstić information content (AvgIpc) is 3.53. The second kappa shape index (κ2) is 14.9. The number of carbonyl (C=O) groups excluding carboxylic acids is 5. The Morgan fingerprint density at radius 3 is 1.86 bits per heavy atom. The lowest BCUT2D eigenvalue weighted by molar-refractivity contribution is -0.138. The molecule has 0 radical (unpaired) electrons. The quantitative estimate of drug-likeness (QED) is 0.175. The Labute approximate surface area is 307 Å². The maximum absolute atomic E-state index is 14.5. The van der Waals surface area contributed by atoms with Crippen molar-refractivity contribution in [3.05, 3.63) is 84.9 Å². The van der Waals surface area contributed by atoms with Gasteiger partial charge >= 0.3 is 23.9 Å². The van der Waals surface area contributed by atoms with Crippen LogP contribution in [-0.2, 0) is 42.9 Å². The molecule has 2 aromatic carbocycles. The number of rotatable bonds is 9. The third kappa shape index (κ3) is 6.42. The highest BCUT2D eigenvalue weighted by Gasteiger charge is 2.62. The molecule has 2 aromatic rings. The Hall–Kier alpha value is -4.60. The van der Waals surface area contributed by atoms with Crippen molar-refractivity contribution in [2.24, 2.45) is 0 Å². The normalized spacial score (nSPS) is 17.2. The number of hydrogen-bond donors (Lipinski definition) is 0. The van der Waals surface area contributed by atoms with E-state index in [0.717, 1.165) is 62.2 Å². The summed E-state index contributed by atoms with van der Waals surface area (Å²) in [6.07, 6.45) is 3.11. The van der Waals surface area contributed by atoms with Crippen LogP contribution in [0.5, 0.6) is 11.5 Å². The fourth-order valence-electron chi connectivity index (χ4n) is 5.93. The molecule has 3 heterocycles. The van der Waals surface area contributed by atoms with E-state index in [1.807, 2.05) is 19.1 Å². The number of benzene rings is 2. The van der Waals surface area contributed by atoms with Crippen LogP contribution in [0.3, 0.4) is 0 Å². The SMILES string of the molecule is CCOc1cccc2c1N(C(=O)/C=C/c1ccc(OC)cc1)C(C)(C)C1=C2C2(SC(C(=O)OC)=C(C(=O)OC)S2)C(C(=O)OC)=C(C(=O)OC)S1. The predicted octanol–water partition coefficient (Wildman–Crippen LogP) is 5.72. The molecule has 12 nitrogen and oxygen atoms in total. The maximum atomic E-state index is 14.5. The number of para-hydroxylation sites is 1. The number of anilines is 1. The summed E-state index contributed by atoms with van der Waals surface area (Å²) in [5.41, 5.74) is 0.618. The molecule has 0 atom stereocenters. The molecule has 0 aromatic heterocycles. The van der Waals surface area contributed by atoms with E-state index in [1.165, 1.54) is 13.2 Å². The van der Waals surface area contributed by atoms with Crippen LogP contribution in [0.2, 0.25) is 0 Å². The number of ether oxygens (including phenoxy) is 6. The number of carbonyl (C=O) groups is 5. The van der Waals surface area contributed by atoms with Crippen LogP contribution in [-0.4, -0.2) is 81.6 Å². The minimum atomic E-state index is -1.71. The monoisotopic (exact) mass is 753 g/mol. The van der Waals surface area contributed by atoms with Gasteiger partial charge in [0, 0.05) is 22.1 Å². The molecule has 268 valence electrons. The van der Waals surface area contributed by atoms with Crippen molar-refractivity contribution in [3.8, 4) is 11.5 Å². The molecule has 0 bridgehead atoms. The van der Waals surface area contributed by atoms with Crippen LogP contribution in [0.1, 0.15) is 31.9 Å². The average molecular weight is 754 g/mol. The van der Waals surface area contributed by atoms with Crippen molar-refractivity contribution in [1.82, 2.24) is 0 Å². The Balaban J connectivity index is 1.84. The Morgan fingerprint density at radius 1 is 0.765 bits per heavy atom. The topological polar surface area (TPSA) is 144 Å². The number of nitrogens with zero attached hydrogens (tertiary/aromatic N) is 1. The molecule has 1 amide bonds. The Kier molecular flexibility index (Phi) is 11.0. The van der Waals surface area contributed by atoms with Gasteiger partial charge in [0.15, 0.2) is 0 Å². The molecular weight excluding hydrogens is 719 g/mol. The van der Waals surface area contributed by atoms with Gasteiger partial charge in [-0.1, -0.05) is 59.6 Å². The van der Waals surface area contributed by atoms with Gasteiger partial charge in [0.1, 0.15) is 30.3 Å². The van der Waals surface area contributed by atoms with Gasteiger partial charge in [0.25, 0.3) is 5.91 Å². The first-order chi connectivity index (χ1) is 24.3. The summed E-state index contributed by atoms with van der Waals surface area (Å²) in [5.74, 6) is -2.85. The van der Waals surface area contributed by atoms with E-state index < -0.39 is 39.4 Å². The van der Waals surface area contributed by atoms with Crippen LogP contribution in [0.4, 0.5) is 5.69 Å². The molecule has 0 N–H and O–H groups in total. The first-order valence-corrected chi connectivity index (χ1v) is 17.9. The Morgan fingerprint density at radius 2 is 1.33 bits per heavy atom. The highest BCUT2D eigenvalue weighted by molar-refractivity contribution is 8.26. The fourth-order valence-corrected chi connectivity index (χ4v) is 11.0. The lowest BCUT2D eigenvalue weighted by atomic mass is 9.83. The van der Waals surface area contributed by atoms with Gasteiger partial charge in [-0.25, -0.2) is 19.2 Å². The molecule has 5 rings (SSSR count). The molecule has 1 spiro atoms. The first-order valence-electron chi connectivity index (χ1n) is 15.4. The van der Waals surface area contributed by atoms with E-state index in [2.05, 4.69) is 0 Å². The van der Waals surface area contributed by atoms with Gasteiger partial charge in [-0.2, -0.15) is 0 Å². The number of thioether (sulfide) groups is 3. The molecular formula is C36H35NO11S3. The minimum absolute atomic E-state index is 0.139. The largest absolute Gasteiger partial charge is 0.497 e. The van der Waals surface area contributed by atoms with E-state index in [0.29, 0.717) is 33.2 Å². The van der Waals surface area contributed by atoms with Crippen LogP contribution in [0.15, 0.2) is 73.7 Å². The molecule has 0 aliphatic carbocycles. The zero-order chi connectivity index (χ0) is 37.2. The second-order valence-electron chi connectivity index (χ2n) is 11.4. The van der Waals surface area contributed by atoms with E-state index in [1.54, 1.807) is 62.3 Å². The minimum Gasteiger partial charge on any atom is -0.497 e. The van der Waals surface area contributed by atoms with Gasteiger partial charge in [-0.15, -0.1) is 0 Å². The van der Waals surface area contributed by atoms with Gasteiger partial charge in [0.05, 0.1) is 59.0 Å². The summed E-state index contributed by atoms with van der Waals surface area (Å²) in [7, 11) is 6.22. The smallest absolute Gasteiger partial charge is 0.345 e. The predicted molar refractivity (Wildman–Crippen MR) is 196 cm³/mol. The first kappa shape index (κ1) is 37.7. The molecule has 15 heteroatoms. The third-order valence-electron chi connectivity index (χ3n) is 8.18. The van der Waals surface area contributed by atoms with Crippen LogP contribution >= 0.6 is 35.3 Å². The fraction of sp³-hybridized carbons (Fsp3) is 0.306. The molecule has 0 fully saturated rings. The van der Waals surface area contributed by atoms with Crippen molar-refractivity contribution in [1.29, 1.82) is 0 Å². The summed E-state index contributed by atoms with van der Waals surface area (Å²) in [6.45, 7) is 5.67. The lowest BCUT2D eigenvalue weighted by Crippen LogP contribution is -2.53. The Bertz CT molecular complexity index is 1910. The van der Waals surface area contributed by atoms with Gasteiger partial charge in [-0.3, -0.25) is 9.69 Å². The van der Waals surface area contributed by atoms with Crippen LogP contribution < -0.4 is 14.4 Å². The summed E-state index contributed by atoms with van der Waals surface area (Å²) in [6, 6.07) is 12.4. The highest BCUT2D eigenvalue weighted by atomic mass is 32.2. The second-order valence-corrected chi connectivity index (χ2v) is 15.1. The number of hydrogen-bond acceptors (Lipinski definition) is 14. The zero-order valence-electron chi connectivity index (χ0n) is 29.1. The number of esters is 4. The van der Waals surface area contributed by atoms with E-state index >= 15 is 0 Å².